The van der Waals surface area contributed by atoms with Gasteiger partial charge in [-0.3, -0.25) is 23.8 Å². The number of likely N-dealkylation sites (tertiary alicyclic amines) is 1. The molecule has 0 aliphatic carbocycles. The molecule has 10 nitrogen and oxygen atoms in total. The molecule has 2 aromatic carbocycles. The number of hydrogen-bond acceptors (Lipinski definition) is 6. The third kappa shape index (κ3) is 5.44. The third-order valence-electron chi connectivity index (χ3n) is 8.75. The van der Waals surface area contributed by atoms with Gasteiger partial charge >= 0.3 is 11.8 Å². The number of nitrogens with zero attached hydrogens (tertiary/aromatic N) is 7. The van der Waals surface area contributed by atoms with Crippen LogP contribution in [0.5, 0.6) is 0 Å². The molecule has 7 rings (SSSR count). The van der Waals surface area contributed by atoms with Crippen LogP contribution in [0.2, 0.25) is 0 Å². The molecule has 4 aromatic heterocycles. The number of carbonyl (C=O) groups excluding carboxylic acids is 1. The molecular weight excluding hydrogens is 578 g/mol. The maximum absolute atomic E-state index is 13.7. The van der Waals surface area contributed by atoms with Crippen molar-refractivity contribution in [3.05, 3.63) is 95.4 Å². The van der Waals surface area contributed by atoms with E-state index in [2.05, 4.69) is 39.3 Å². The number of aromatic nitrogens is 6. The van der Waals surface area contributed by atoms with Gasteiger partial charge in [0.2, 0.25) is 0 Å². The van der Waals surface area contributed by atoms with Crippen molar-refractivity contribution in [3.63, 3.8) is 0 Å². The molecular formula is C36H37N7O3. The van der Waals surface area contributed by atoms with Gasteiger partial charge in [-0.2, -0.15) is 5.10 Å². The zero-order valence-corrected chi connectivity index (χ0v) is 26.8. The van der Waals surface area contributed by atoms with Crippen LogP contribution in [0.3, 0.4) is 0 Å². The number of amides is 1. The average Bonchev–Trinajstić information content (AvgIpc) is 3.60. The molecule has 1 fully saturated rings. The molecule has 5 heterocycles. The van der Waals surface area contributed by atoms with Crippen LogP contribution in [-0.4, -0.2) is 58.6 Å². The van der Waals surface area contributed by atoms with Gasteiger partial charge in [-0.15, -0.1) is 0 Å². The molecule has 0 unspecified atom stereocenters. The van der Waals surface area contributed by atoms with Crippen LogP contribution >= 0.6 is 0 Å². The first-order chi connectivity index (χ1) is 22.1. The van der Waals surface area contributed by atoms with Gasteiger partial charge < -0.3 is 9.64 Å². The lowest BCUT2D eigenvalue weighted by molar-refractivity contribution is 0.0205. The molecule has 1 amide bonds. The van der Waals surface area contributed by atoms with E-state index in [4.69, 9.17) is 4.74 Å². The van der Waals surface area contributed by atoms with Crippen molar-refractivity contribution in [2.75, 3.05) is 13.1 Å². The predicted molar refractivity (Wildman–Crippen MR) is 179 cm³/mol. The van der Waals surface area contributed by atoms with Crippen molar-refractivity contribution >= 4 is 28.0 Å². The highest BCUT2D eigenvalue weighted by Gasteiger charge is 2.27. The number of carbonyl (C=O) groups is 1. The van der Waals surface area contributed by atoms with Crippen LogP contribution in [-0.2, 0) is 18.8 Å². The monoisotopic (exact) mass is 615 g/mol. The van der Waals surface area contributed by atoms with E-state index in [1.807, 2.05) is 70.5 Å². The summed E-state index contributed by atoms with van der Waals surface area (Å²) in [5.41, 5.74) is 7.54. The second-order valence-corrected chi connectivity index (χ2v) is 13.1. The smallest absolute Gasteiger partial charge is 0.410 e. The van der Waals surface area contributed by atoms with Gasteiger partial charge in [0, 0.05) is 56.1 Å². The SMILES string of the molecule is Cn1cc(-c2ccc(-c3ccc4ncc5c(c4c3)n(-c3ccc(C4CCN(C(=O)OC(C)(C)C)CC4)cc3)c(=O)n5C)cn2)cn1. The Morgan fingerprint density at radius 2 is 1.61 bits per heavy atom. The number of rotatable bonds is 4. The van der Waals surface area contributed by atoms with E-state index in [1.165, 1.54) is 5.56 Å². The minimum Gasteiger partial charge on any atom is -0.444 e. The first-order valence-corrected chi connectivity index (χ1v) is 15.6. The van der Waals surface area contributed by atoms with Gasteiger partial charge in [-0.25, -0.2) is 9.59 Å². The molecule has 0 N–H and O–H groups in total. The maximum Gasteiger partial charge on any atom is 0.410 e. The number of pyridine rings is 2. The molecule has 0 atom stereocenters. The zero-order chi connectivity index (χ0) is 32.2. The summed E-state index contributed by atoms with van der Waals surface area (Å²) in [5.74, 6) is 0.336. The van der Waals surface area contributed by atoms with E-state index >= 15 is 0 Å². The summed E-state index contributed by atoms with van der Waals surface area (Å²) in [6, 6.07) is 18.4. The highest BCUT2D eigenvalue weighted by Crippen LogP contribution is 2.32. The summed E-state index contributed by atoms with van der Waals surface area (Å²) in [7, 11) is 3.67. The van der Waals surface area contributed by atoms with Crippen molar-refractivity contribution in [3.8, 4) is 28.1 Å². The first kappa shape index (κ1) is 29.5. The van der Waals surface area contributed by atoms with E-state index in [1.54, 1.807) is 38.2 Å². The fourth-order valence-electron chi connectivity index (χ4n) is 6.32. The second-order valence-electron chi connectivity index (χ2n) is 13.1. The Bertz CT molecular complexity index is 2130. The third-order valence-corrected chi connectivity index (χ3v) is 8.75. The zero-order valence-electron chi connectivity index (χ0n) is 26.8. The maximum atomic E-state index is 13.7. The molecule has 0 spiro atoms. The van der Waals surface area contributed by atoms with Crippen molar-refractivity contribution in [1.82, 2.24) is 33.8 Å². The number of aryl methyl sites for hydroxylation is 2. The van der Waals surface area contributed by atoms with E-state index in [9.17, 15) is 9.59 Å². The van der Waals surface area contributed by atoms with Crippen LogP contribution in [0, 0.1) is 0 Å². The topological polar surface area (TPSA) is 100 Å². The Morgan fingerprint density at radius 1 is 0.870 bits per heavy atom. The highest BCUT2D eigenvalue weighted by atomic mass is 16.6. The van der Waals surface area contributed by atoms with E-state index < -0.39 is 5.60 Å². The Kier molecular flexibility index (Phi) is 7.22. The van der Waals surface area contributed by atoms with Gasteiger partial charge in [0.05, 0.1) is 40.3 Å². The standard InChI is InChI=1S/C36H37N7O3/c1-36(2,3)46-35(45)42-16-14-24(15-17-42)23-6-10-28(11-7-23)43-33-29-18-25(8-13-31(29)38-21-32(33)41(5)34(43)44)26-9-12-30(37-19-26)27-20-39-40(4)22-27/h6-13,18-22,24H,14-17H2,1-5H3. The molecule has 1 aliphatic rings. The molecule has 6 aromatic rings. The van der Waals surface area contributed by atoms with E-state index in [0.29, 0.717) is 19.0 Å². The van der Waals surface area contributed by atoms with E-state index in [0.717, 1.165) is 62.8 Å². The van der Waals surface area contributed by atoms with Gasteiger partial charge in [-0.05, 0) is 81.0 Å². The van der Waals surface area contributed by atoms with Crippen LogP contribution in [0.15, 0.2) is 84.2 Å². The van der Waals surface area contributed by atoms with Crippen molar-refractivity contribution in [2.45, 2.75) is 45.1 Å². The number of imidazole rings is 1. The Labute approximate surface area is 266 Å². The number of fused-ring (bicyclic) bond motifs is 3. The first-order valence-electron chi connectivity index (χ1n) is 15.6. The summed E-state index contributed by atoms with van der Waals surface area (Å²) in [4.78, 5) is 37.4. The van der Waals surface area contributed by atoms with Gasteiger partial charge in [0.1, 0.15) is 5.60 Å². The van der Waals surface area contributed by atoms with Crippen LogP contribution in [0.1, 0.15) is 45.1 Å². The fourth-order valence-corrected chi connectivity index (χ4v) is 6.32. The second kappa shape index (κ2) is 11.3. The van der Waals surface area contributed by atoms with Gasteiger partial charge in [0.25, 0.3) is 0 Å². The van der Waals surface area contributed by atoms with Crippen molar-refractivity contribution in [1.29, 1.82) is 0 Å². The molecule has 1 saturated heterocycles. The minimum absolute atomic E-state index is 0.129. The van der Waals surface area contributed by atoms with Crippen LogP contribution in [0.4, 0.5) is 4.79 Å². The normalized spacial score (nSPS) is 14.3. The fraction of sp³-hybridized carbons (Fsp3) is 0.306. The summed E-state index contributed by atoms with van der Waals surface area (Å²) in [6.45, 7) is 6.98. The Balaban J connectivity index is 1.19. The lowest BCUT2D eigenvalue weighted by Crippen LogP contribution is -2.41. The summed E-state index contributed by atoms with van der Waals surface area (Å²) in [6.07, 6.45) is 8.86. The summed E-state index contributed by atoms with van der Waals surface area (Å²) in [5, 5.41) is 5.14. The predicted octanol–water partition coefficient (Wildman–Crippen LogP) is 6.45. The number of benzene rings is 2. The quantitative estimate of drug-likeness (QED) is 0.226. The molecule has 0 bridgehead atoms. The highest BCUT2D eigenvalue weighted by molar-refractivity contribution is 6.04. The van der Waals surface area contributed by atoms with Gasteiger partial charge in [-0.1, -0.05) is 24.3 Å². The van der Waals surface area contributed by atoms with Crippen LogP contribution < -0.4 is 5.69 Å². The Hall–Kier alpha value is -5.25. The van der Waals surface area contributed by atoms with E-state index in [-0.39, 0.29) is 11.8 Å². The van der Waals surface area contributed by atoms with Gasteiger partial charge in [0.15, 0.2) is 0 Å². The molecule has 0 radical (unpaired) electrons. The largest absolute Gasteiger partial charge is 0.444 e. The molecule has 0 saturated carbocycles. The molecule has 46 heavy (non-hydrogen) atoms. The van der Waals surface area contributed by atoms with Crippen molar-refractivity contribution < 1.29 is 9.53 Å². The molecule has 10 heteroatoms. The lowest BCUT2D eigenvalue weighted by Gasteiger charge is -2.33. The van der Waals surface area contributed by atoms with Crippen molar-refractivity contribution in [2.24, 2.45) is 14.1 Å². The average molecular weight is 616 g/mol. The lowest BCUT2D eigenvalue weighted by atomic mass is 9.89. The number of piperidine rings is 1. The Morgan fingerprint density at radius 3 is 2.26 bits per heavy atom. The number of ether oxygens (including phenoxy) is 1. The summed E-state index contributed by atoms with van der Waals surface area (Å²) < 4.78 is 10.8. The molecule has 1 aliphatic heterocycles. The van der Waals surface area contributed by atoms with Crippen LogP contribution in [0.25, 0.3) is 50.0 Å². The summed E-state index contributed by atoms with van der Waals surface area (Å²) >= 11 is 0. The number of hydrogen-bond donors (Lipinski definition) is 0. The minimum atomic E-state index is -0.504. The molecule has 234 valence electrons.